The lowest BCUT2D eigenvalue weighted by Crippen LogP contribution is -2.45. The third-order valence-corrected chi connectivity index (χ3v) is 3.63. The Morgan fingerprint density at radius 2 is 1.48 bits per heavy atom. The molecule has 0 heterocycles. The summed E-state index contributed by atoms with van der Waals surface area (Å²) in [7, 11) is 1.39. The lowest BCUT2D eigenvalue weighted by molar-refractivity contribution is -0.144. The molecule has 0 unspecified atom stereocenters. The number of nitrogens with zero attached hydrogens (tertiary/aromatic N) is 1. The summed E-state index contributed by atoms with van der Waals surface area (Å²) in [5, 5.41) is 9.35. The molecular formula is C19H21NO5. The number of hydrogen-bond donors (Lipinski definition) is 1. The first-order chi connectivity index (χ1) is 12.1. The number of carboxylic acids is 1. The average molecular weight is 343 g/mol. The molecule has 0 saturated carbocycles. The first kappa shape index (κ1) is 18.5. The fourth-order valence-corrected chi connectivity index (χ4v) is 2.16. The van der Waals surface area contributed by atoms with Crippen LogP contribution in [0.2, 0.25) is 0 Å². The van der Waals surface area contributed by atoms with E-state index in [9.17, 15) is 14.7 Å². The second-order valence-electron chi connectivity index (χ2n) is 5.51. The molecule has 0 saturated heterocycles. The van der Waals surface area contributed by atoms with Gasteiger partial charge in [-0.2, -0.15) is 0 Å². The predicted molar refractivity (Wildman–Crippen MR) is 91.9 cm³/mol. The third kappa shape index (κ3) is 5.93. The van der Waals surface area contributed by atoms with Gasteiger partial charge in [0.05, 0.1) is 13.2 Å². The molecule has 6 heteroatoms. The quantitative estimate of drug-likeness (QED) is 0.797. The van der Waals surface area contributed by atoms with Crippen LogP contribution in [-0.2, 0) is 27.5 Å². The van der Waals surface area contributed by atoms with Crippen molar-refractivity contribution in [1.29, 1.82) is 0 Å². The molecule has 0 radical (unpaired) electrons. The third-order valence-electron chi connectivity index (χ3n) is 3.63. The molecule has 0 fully saturated rings. The van der Waals surface area contributed by atoms with Gasteiger partial charge in [-0.25, -0.2) is 9.59 Å². The lowest BCUT2D eigenvalue weighted by Gasteiger charge is -2.24. The van der Waals surface area contributed by atoms with Crippen LogP contribution >= 0.6 is 0 Å². The second kappa shape index (κ2) is 9.44. The van der Waals surface area contributed by atoms with Crippen molar-refractivity contribution < 1.29 is 24.2 Å². The van der Waals surface area contributed by atoms with Gasteiger partial charge in [-0.3, -0.25) is 4.90 Å². The first-order valence-corrected chi connectivity index (χ1v) is 7.86. The Bertz CT molecular complexity index is 675. The molecule has 0 aliphatic rings. The van der Waals surface area contributed by atoms with Gasteiger partial charge in [-0.1, -0.05) is 60.7 Å². The Labute approximate surface area is 146 Å². The Hall–Kier alpha value is -2.86. The summed E-state index contributed by atoms with van der Waals surface area (Å²) >= 11 is 0. The maximum atomic E-state index is 12.1. The number of rotatable bonds is 8. The van der Waals surface area contributed by atoms with Crippen molar-refractivity contribution in [1.82, 2.24) is 4.90 Å². The number of carboxylic acid groups (broad SMARTS) is 1. The number of hydrogen-bond acceptors (Lipinski definition) is 4. The number of likely N-dealkylation sites (N-methyl/N-ethyl adjacent to an activating group) is 1. The maximum Gasteiger partial charge on any atom is 0.410 e. The van der Waals surface area contributed by atoms with E-state index in [1.54, 1.807) is 0 Å². The summed E-state index contributed by atoms with van der Waals surface area (Å²) in [5.74, 6) is -1.15. The summed E-state index contributed by atoms with van der Waals surface area (Å²) in [6, 6.07) is 17.5. The summed E-state index contributed by atoms with van der Waals surface area (Å²) in [5.41, 5.74) is 1.76. The minimum absolute atomic E-state index is 0.0845. The molecule has 1 amide bonds. The predicted octanol–water partition coefficient (Wildman–Crippen LogP) is 2.93. The van der Waals surface area contributed by atoms with Gasteiger partial charge in [0.15, 0.2) is 6.04 Å². The Morgan fingerprint density at radius 1 is 0.960 bits per heavy atom. The van der Waals surface area contributed by atoms with Crippen LogP contribution in [0.15, 0.2) is 60.7 Å². The monoisotopic (exact) mass is 343 g/mol. The molecule has 2 aromatic carbocycles. The highest BCUT2D eigenvalue weighted by Gasteiger charge is 2.28. The number of carbonyl (C=O) groups excluding carboxylic acids is 1. The average Bonchev–Trinajstić information content (AvgIpc) is 2.64. The van der Waals surface area contributed by atoms with Crippen LogP contribution in [0, 0.1) is 0 Å². The minimum Gasteiger partial charge on any atom is -0.480 e. The summed E-state index contributed by atoms with van der Waals surface area (Å²) in [4.78, 5) is 24.6. The Balaban J connectivity index is 1.84. The number of carbonyl (C=O) groups is 2. The van der Waals surface area contributed by atoms with Crippen LogP contribution in [0.1, 0.15) is 11.1 Å². The standard InChI is InChI=1S/C19H21NO5/c1-20(19(23)25-13-16-10-6-3-7-11-16)17(18(21)22)14-24-12-15-8-4-2-5-9-15/h2-11,17H,12-14H2,1H3,(H,21,22)/t17-/m0/s1. The number of aliphatic carboxylic acids is 1. The van der Waals surface area contributed by atoms with Gasteiger partial charge in [-0.15, -0.1) is 0 Å². The molecule has 0 bridgehead atoms. The molecule has 1 atom stereocenters. The molecule has 132 valence electrons. The molecule has 2 aromatic rings. The molecule has 0 aromatic heterocycles. The van der Waals surface area contributed by atoms with Crippen molar-refractivity contribution in [2.45, 2.75) is 19.3 Å². The van der Waals surface area contributed by atoms with Crippen molar-refractivity contribution >= 4 is 12.1 Å². The van der Waals surface area contributed by atoms with E-state index in [2.05, 4.69) is 0 Å². The number of benzene rings is 2. The van der Waals surface area contributed by atoms with Gasteiger partial charge in [0.2, 0.25) is 0 Å². The fraction of sp³-hybridized carbons (Fsp3) is 0.263. The van der Waals surface area contributed by atoms with E-state index < -0.39 is 18.1 Å². The minimum atomic E-state index is -1.15. The van der Waals surface area contributed by atoms with Crippen molar-refractivity contribution in [2.24, 2.45) is 0 Å². The van der Waals surface area contributed by atoms with Gasteiger partial charge in [0, 0.05) is 7.05 Å². The van der Waals surface area contributed by atoms with Crippen LogP contribution in [-0.4, -0.2) is 41.8 Å². The Morgan fingerprint density at radius 3 is 2.00 bits per heavy atom. The van der Waals surface area contributed by atoms with Crippen LogP contribution in [0.3, 0.4) is 0 Å². The van der Waals surface area contributed by atoms with Gasteiger partial charge in [0.25, 0.3) is 0 Å². The molecule has 0 aliphatic carbocycles. The Kier molecular flexibility index (Phi) is 6.98. The van der Waals surface area contributed by atoms with E-state index in [4.69, 9.17) is 9.47 Å². The lowest BCUT2D eigenvalue weighted by atomic mass is 10.2. The second-order valence-corrected chi connectivity index (χ2v) is 5.51. The van der Waals surface area contributed by atoms with Crippen LogP contribution in [0.25, 0.3) is 0 Å². The topological polar surface area (TPSA) is 76.1 Å². The van der Waals surface area contributed by atoms with Crippen LogP contribution in [0.4, 0.5) is 4.79 Å². The largest absolute Gasteiger partial charge is 0.480 e. The van der Waals surface area contributed by atoms with Gasteiger partial charge in [-0.05, 0) is 11.1 Å². The van der Waals surface area contributed by atoms with Crippen molar-refractivity contribution in [3.8, 4) is 0 Å². The fourth-order valence-electron chi connectivity index (χ4n) is 2.16. The molecule has 25 heavy (non-hydrogen) atoms. The zero-order chi connectivity index (χ0) is 18.1. The molecular weight excluding hydrogens is 322 g/mol. The molecule has 0 aliphatic heterocycles. The molecule has 0 spiro atoms. The highest BCUT2D eigenvalue weighted by atomic mass is 16.6. The first-order valence-electron chi connectivity index (χ1n) is 7.86. The number of amides is 1. The molecule has 1 N–H and O–H groups in total. The zero-order valence-electron chi connectivity index (χ0n) is 14.0. The molecule has 2 rings (SSSR count). The summed E-state index contributed by atoms with van der Waals surface area (Å²) < 4.78 is 10.6. The van der Waals surface area contributed by atoms with Crippen LogP contribution < -0.4 is 0 Å². The normalized spacial score (nSPS) is 11.6. The van der Waals surface area contributed by atoms with E-state index in [0.717, 1.165) is 16.0 Å². The highest BCUT2D eigenvalue weighted by molar-refractivity contribution is 5.80. The van der Waals surface area contributed by atoms with Gasteiger partial charge >= 0.3 is 12.1 Å². The maximum absolute atomic E-state index is 12.1. The van der Waals surface area contributed by atoms with E-state index in [1.165, 1.54) is 7.05 Å². The SMILES string of the molecule is CN(C(=O)OCc1ccccc1)[C@@H](COCc1ccccc1)C(=O)O. The van der Waals surface area contributed by atoms with Gasteiger partial charge < -0.3 is 14.6 Å². The van der Waals surface area contributed by atoms with E-state index in [-0.39, 0.29) is 19.8 Å². The van der Waals surface area contributed by atoms with E-state index in [1.807, 2.05) is 60.7 Å². The zero-order valence-corrected chi connectivity index (χ0v) is 14.0. The summed E-state index contributed by atoms with van der Waals surface area (Å²) in [6.07, 6.45) is -0.709. The van der Waals surface area contributed by atoms with Crippen molar-refractivity contribution in [2.75, 3.05) is 13.7 Å². The van der Waals surface area contributed by atoms with Crippen LogP contribution in [0.5, 0.6) is 0 Å². The van der Waals surface area contributed by atoms with Gasteiger partial charge in [0.1, 0.15) is 6.61 Å². The van der Waals surface area contributed by atoms with E-state index in [0.29, 0.717) is 0 Å². The van der Waals surface area contributed by atoms with E-state index >= 15 is 0 Å². The van der Waals surface area contributed by atoms with Crippen molar-refractivity contribution in [3.05, 3.63) is 71.8 Å². The van der Waals surface area contributed by atoms with Crippen molar-refractivity contribution in [3.63, 3.8) is 0 Å². The summed E-state index contributed by atoms with van der Waals surface area (Å²) in [6.45, 7) is 0.236. The highest BCUT2D eigenvalue weighted by Crippen LogP contribution is 2.07. The molecule has 6 nitrogen and oxygen atoms in total. The smallest absolute Gasteiger partial charge is 0.410 e. The number of ether oxygens (including phenoxy) is 2.